The lowest BCUT2D eigenvalue weighted by Crippen LogP contribution is -2.32. The highest BCUT2D eigenvalue weighted by atomic mass is 32.1. The first-order valence-corrected chi connectivity index (χ1v) is 8.05. The largest absolute Gasteiger partial charge is 0.481 e. The van der Waals surface area contributed by atoms with Crippen LogP contribution in [0, 0.1) is 5.82 Å². The number of amides is 1. The van der Waals surface area contributed by atoms with Crippen molar-refractivity contribution in [1.29, 1.82) is 0 Å². The van der Waals surface area contributed by atoms with Crippen LogP contribution in [0.25, 0.3) is 0 Å². The molecule has 7 heteroatoms. The fourth-order valence-corrected chi connectivity index (χ4v) is 2.82. The van der Waals surface area contributed by atoms with Crippen LogP contribution in [0.5, 0.6) is 0 Å². The number of rotatable bonds is 7. The van der Waals surface area contributed by atoms with Crippen LogP contribution in [-0.2, 0) is 22.4 Å². The van der Waals surface area contributed by atoms with Gasteiger partial charge in [-0.15, -0.1) is 11.3 Å². The zero-order chi connectivity index (χ0) is 16.8. The van der Waals surface area contributed by atoms with Crippen LogP contribution in [0.1, 0.15) is 29.1 Å². The van der Waals surface area contributed by atoms with E-state index in [1.807, 2.05) is 12.3 Å². The molecule has 0 radical (unpaired) electrons. The fourth-order valence-electron chi connectivity index (χ4n) is 2.08. The van der Waals surface area contributed by atoms with Crippen molar-refractivity contribution in [2.45, 2.75) is 25.7 Å². The van der Waals surface area contributed by atoms with Crippen molar-refractivity contribution < 1.29 is 19.1 Å². The van der Waals surface area contributed by atoms with Crippen molar-refractivity contribution in [1.82, 2.24) is 10.3 Å². The molecule has 1 aromatic heterocycles. The highest BCUT2D eigenvalue weighted by Gasteiger charge is 2.21. The van der Waals surface area contributed by atoms with Crippen LogP contribution in [0.3, 0.4) is 0 Å². The summed E-state index contributed by atoms with van der Waals surface area (Å²) in [6.45, 7) is 1.94. The van der Waals surface area contributed by atoms with Gasteiger partial charge >= 0.3 is 5.97 Å². The molecule has 0 saturated heterocycles. The van der Waals surface area contributed by atoms with E-state index >= 15 is 0 Å². The summed E-state index contributed by atoms with van der Waals surface area (Å²) in [4.78, 5) is 27.6. The van der Waals surface area contributed by atoms with Gasteiger partial charge in [-0.05, 0) is 24.1 Å². The molecule has 122 valence electrons. The maximum absolute atomic E-state index is 12.9. The SMILES string of the molecule is CCc1nc(CC(=O)NCC(C(=O)O)c2ccc(F)cc2)cs1. The summed E-state index contributed by atoms with van der Waals surface area (Å²) < 4.78 is 12.9. The molecule has 2 rings (SSSR count). The van der Waals surface area contributed by atoms with Crippen molar-refractivity contribution in [3.63, 3.8) is 0 Å². The van der Waals surface area contributed by atoms with Crippen molar-refractivity contribution in [2.75, 3.05) is 6.54 Å². The Bertz CT molecular complexity index is 685. The van der Waals surface area contributed by atoms with Gasteiger partial charge in [0.2, 0.25) is 5.91 Å². The standard InChI is InChI=1S/C16H17FN2O3S/c1-2-15-19-12(9-23-15)7-14(20)18-8-13(16(21)22)10-3-5-11(17)6-4-10/h3-6,9,13H,2,7-8H2,1H3,(H,18,20)(H,21,22). The molecule has 0 spiro atoms. The van der Waals surface area contributed by atoms with Gasteiger partial charge in [0.05, 0.1) is 23.0 Å². The summed E-state index contributed by atoms with van der Waals surface area (Å²) in [5.74, 6) is -2.71. The number of carbonyl (C=O) groups is 2. The molecule has 2 N–H and O–H groups in total. The topological polar surface area (TPSA) is 79.3 Å². The Morgan fingerprint density at radius 2 is 2.04 bits per heavy atom. The maximum atomic E-state index is 12.9. The van der Waals surface area contributed by atoms with E-state index < -0.39 is 17.7 Å². The molecule has 1 atom stereocenters. The first-order chi connectivity index (χ1) is 11.0. The van der Waals surface area contributed by atoms with Crippen LogP contribution in [0.2, 0.25) is 0 Å². The number of benzene rings is 1. The average Bonchev–Trinajstić information content (AvgIpc) is 2.96. The number of carboxylic acids is 1. The summed E-state index contributed by atoms with van der Waals surface area (Å²) in [7, 11) is 0. The normalized spacial score (nSPS) is 11.9. The number of nitrogens with one attached hydrogen (secondary N) is 1. The van der Waals surface area contributed by atoms with Gasteiger partial charge in [0, 0.05) is 11.9 Å². The highest BCUT2D eigenvalue weighted by molar-refractivity contribution is 7.09. The predicted molar refractivity (Wildman–Crippen MR) is 85.0 cm³/mol. The molecule has 2 aromatic rings. The van der Waals surface area contributed by atoms with E-state index in [0.29, 0.717) is 11.3 Å². The summed E-state index contributed by atoms with van der Waals surface area (Å²) in [6, 6.07) is 5.23. The van der Waals surface area contributed by atoms with E-state index in [1.54, 1.807) is 0 Å². The summed E-state index contributed by atoms with van der Waals surface area (Å²) in [6.07, 6.45) is 0.935. The van der Waals surface area contributed by atoms with E-state index in [0.717, 1.165) is 11.4 Å². The third-order valence-corrected chi connectivity index (χ3v) is 4.36. The monoisotopic (exact) mass is 336 g/mol. The lowest BCUT2D eigenvalue weighted by Gasteiger charge is -2.13. The van der Waals surface area contributed by atoms with Gasteiger partial charge in [-0.2, -0.15) is 0 Å². The second-order valence-corrected chi connectivity index (χ2v) is 5.95. The Kier molecular flexibility index (Phi) is 5.81. The quantitative estimate of drug-likeness (QED) is 0.813. The number of hydrogen-bond acceptors (Lipinski definition) is 4. The first-order valence-electron chi connectivity index (χ1n) is 7.17. The molecule has 0 fully saturated rings. The Hall–Kier alpha value is -2.28. The van der Waals surface area contributed by atoms with Gasteiger partial charge in [0.15, 0.2) is 0 Å². The number of carboxylic acid groups (broad SMARTS) is 1. The summed E-state index contributed by atoms with van der Waals surface area (Å²) in [5, 5.41) is 14.7. The lowest BCUT2D eigenvalue weighted by molar-refractivity contribution is -0.138. The second-order valence-electron chi connectivity index (χ2n) is 5.01. The van der Waals surface area contributed by atoms with Crippen LogP contribution in [0.15, 0.2) is 29.6 Å². The molecule has 1 aromatic carbocycles. The summed E-state index contributed by atoms with van der Waals surface area (Å²) >= 11 is 1.50. The van der Waals surface area contributed by atoms with E-state index in [9.17, 15) is 19.1 Å². The second kappa shape index (κ2) is 7.82. The zero-order valence-corrected chi connectivity index (χ0v) is 13.4. The minimum Gasteiger partial charge on any atom is -0.481 e. The number of nitrogens with zero attached hydrogens (tertiary/aromatic N) is 1. The van der Waals surface area contributed by atoms with Crippen LogP contribution >= 0.6 is 11.3 Å². The first kappa shape index (κ1) is 17.1. The smallest absolute Gasteiger partial charge is 0.312 e. The zero-order valence-electron chi connectivity index (χ0n) is 12.6. The number of carbonyl (C=O) groups excluding carboxylic acids is 1. The molecule has 0 aliphatic heterocycles. The maximum Gasteiger partial charge on any atom is 0.312 e. The Labute approximate surface area is 137 Å². The molecule has 0 aliphatic carbocycles. The minimum absolute atomic E-state index is 0.0510. The fraction of sp³-hybridized carbons (Fsp3) is 0.312. The van der Waals surface area contributed by atoms with Gasteiger partial charge in [0.1, 0.15) is 5.82 Å². The molecular formula is C16H17FN2O3S. The summed E-state index contributed by atoms with van der Waals surface area (Å²) in [5.41, 5.74) is 1.12. The number of thiazole rings is 1. The molecule has 23 heavy (non-hydrogen) atoms. The van der Waals surface area contributed by atoms with E-state index in [4.69, 9.17) is 0 Å². The highest BCUT2D eigenvalue weighted by Crippen LogP contribution is 2.16. The Balaban J connectivity index is 1.94. The number of aliphatic carboxylic acids is 1. The van der Waals surface area contributed by atoms with E-state index in [-0.39, 0.29) is 18.9 Å². The number of hydrogen-bond donors (Lipinski definition) is 2. The predicted octanol–water partition coefficient (Wildman–Crippen LogP) is 2.37. The number of aromatic nitrogens is 1. The van der Waals surface area contributed by atoms with Crippen LogP contribution < -0.4 is 5.32 Å². The van der Waals surface area contributed by atoms with E-state index in [1.165, 1.54) is 35.6 Å². The molecule has 1 unspecified atom stereocenters. The Morgan fingerprint density at radius 3 is 2.61 bits per heavy atom. The van der Waals surface area contributed by atoms with Crippen LogP contribution in [0.4, 0.5) is 4.39 Å². The molecule has 1 heterocycles. The Morgan fingerprint density at radius 1 is 1.35 bits per heavy atom. The molecule has 0 saturated carbocycles. The minimum atomic E-state index is -1.07. The lowest BCUT2D eigenvalue weighted by atomic mass is 9.99. The third-order valence-electron chi connectivity index (χ3n) is 3.32. The third kappa shape index (κ3) is 4.85. The van der Waals surface area contributed by atoms with Gasteiger partial charge in [-0.25, -0.2) is 9.37 Å². The molecule has 0 aliphatic rings. The molecule has 5 nitrogen and oxygen atoms in total. The van der Waals surface area contributed by atoms with Crippen molar-refractivity contribution in [3.05, 3.63) is 51.7 Å². The van der Waals surface area contributed by atoms with Gasteiger partial charge in [-0.1, -0.05) is 19.1 Å². The number of aryl methyl sites for hydroxylation is 1. The van der Waals surface area contributed by atoms with E-state index in [2.05, 4.69) is 10.3 Å². The van der Waals surface area contributed by atoms with Crippen molar-refractivity contribution >= 4 is 23.2 Å². The van der Waals surface area contributed by atoms with Gasteiger partial charge in [-0.3, -0.25) is 9.59 Å². The molecular weight excluding hydrogens is 319 g/mol. The van der Waals surface area contributed by atoms with Crippen molar-refractivity contribution in [2.24, 2.45) is 0 Å². The van der Waals surface area contributed by atoms with Gasteiger partial charge in [0.25, 0.3) is 0 Å². The van der Waals surface area contributed by atoms with Crippen molar-refractivity contribution in [3.8, 4) is 0 Å². The van der Waals surface area contributed by atoms with Gasteiger partial charge < -0.3 is 10.4 Å². The molecule has 1 amide bonds. The number of halogens is 1. The molecule has 0 bridgehead atoms. The van der Waals surface area contributed by atoms with Crippen LogP contribution in [-0.4, -0.2) is 28.5 Å². The average molecular weight is 336 g/mol.